The molecular formula is C13H20N4O3. The number of nitrogens with one attached hydrogen (secondary N) is 3. The minimum atomic E-state index is -0.781. The molecule has 4 N–H and O–H groups in total. The lowest BCUT2D eigenvalue weighted by Crippen LogP contribution is -2.42. The summed E-state index contributed by atoms with van der Waals surface area (Å²) in [5, 5.41) is 14.6. The van der Waals surface area contributed by atoms with Gasteiger partial charge in [0.25, 0.3) is 0 Å². The Morgan fingerprint density at radius 1 is 1.55 bits per heavy atom. The largest absolute Gasteiger partial charge is 0.481 e. The molecule has 0 radical (unpaired) electrons. The third kappa shape index (κ3) is 3.49. The third-order valence-corrected chi connectivity index (χ3v) is 3.68. The zero-order valence-electron chi connectivity index (χ0n) is 11.4. The first-order valence-electron chi connectivity index (χ1n) is 6.89. The number of carbonyl (C=O) groups is 2. The van der Waals surface area contributed by atoms with Crippen LogP contribution in [-0.4, -0.2) is 33.1 Å². The molecular weight excluding hydrogens is 260 g/mol. The van der Waals surface area contributed by atoms with Crippen LogP contribution in [0.1, 0.15) is 44.5 Å². The minimum absolute atomic E-state index is 0.0646. The van der Waals surface area contributed by atoms with Crippen molar-refractivity contribution >= 4 is 12.0 Å². The van der Waals surface area contributed by atoms with Gasteiger partial charge in [-0.3, -0.25) is 4.79 Å². The number of urea groups is 1. The van der Waals surface area contributed by atoms with Crippen LogP contribution in [0.2, 0.25) is 0 Å². The summed E-state index contributed by atoms with van der Waals surface area (Å²) in [6, 6.07) is -0.504. The molecule has 1 aliphatic rings. The fourth-order valence-corrected chi connectivity index (χ4v) is 2.55. The van der Waals surface area contributed by atoms with Gasteiger partial charge in [0.2, 0.25) is 0 Å². The molecule has 0 aliphatic heterocycles. The lowest BCUT2D eigenvalue weighted by molar-refractivity contribution is -0.141. The van der Waals surface area contributed by atoms with Gasteiger partial charge in [0, 0.05) is 18.4 Å². The molecule has 1 heterocycles. The fraction of sp³-hybridized carbons (Fsp3) is 0.615. The van der Waals surface area contributed by atoms with Gasteiger partial charge in [-0.1, -0.05) is 6.92 Å². The van der Waals surface area contributed by atoms with Gasteiger partial charge in [0.1, 0.15) is 5.82 Å². The Kier molecular flexibility index (Phi) is 4.60. The quantitative estimate of drug-likeness (QED) is 0.654. The molecule has 3 atom stereocenters. The number of amides is 2. The molecule has 1 aliphatic carbocycles. The number of hydrogen-bond acceptors (Lipinski definition) is 3. The monoisotopic (exact) mass is 280 g/mol. The number of nitrogens with zero attached hydrogens (tertiary/aromatic N) is 1. The van der Waals surface area contributed by atoms with Crippen LogP contribution in [0.5, 0.6) is 0 Å². The molecule has 0 saturated heterocycles. The van der Waals surface area contributed by atoms with E-state index >= 15 is 0 Å². The Hall–Kier alpha value is -2.05. The van der Waals surface area contributed by atoms with Crippen molar-refractivity contribution in [3.8, 4) is 0 Å². The highest BCUT2D eigenvalue weighted by molar-refractivity contribution is 5.75. The highest BCUT2D eigenvalue weighted by Gasteiger charge is 2.30. The number of H-pyrrole nitrogens is 1. The highest BCUT2D eigenvalue weighted by atomic mass is 16.4. The molecule has 2 rings (SSSR count). The second-order valence-corrected chi connectivity index (χ2v) is 5.10. The SMILES string of the molecule is CCC(NC(=O)NC1CCC(C(=O)O)C1)c1ncc[nH]1. The molecule has 0 aromatic carbocycles. The minimum Gasteiger partial charge on any atom is -0.481 e. The van der Waals surface area contributed by atoms with Crippen molar-refractivity contribution in [2.75, 3.05) is 0 Å². The second kappa shape index (κ2) is 6.40. The number of hydrogen-bond donors (Lipinski definition) is 4. The van der Waals surface area contributed by atoms with Gasteiger partial charge in [-0.2, -0.15) is 0 Å². The first-order chi connectivity index (χ1) is 9.60. The third-order valence-electron chi connectivity index (χ3n) is 3.68. The van der Waals surface area contributed by atoms with Gasteiger partial charge in [0.15, 0.2) is 0 Å². The Labute approximate surface area is 117 Å². The summed E-state index contributed by atoms with van der Waals surface area (Å²) in [4.78, 5) is 29.9. The van der Waals surface area contributed by atoms with Gasteiger partial charge >= 0.3 is 12.0 Å². The van der Waals surface area contributed by atoms with Crippen molar-refractivity contribution in [2.24, 2.45) is 5.92 Å². The Morgan fingerprint density at radius 3 is 2.90 bits per heavy atom. The van der Waals surface area contributed by atoms with Crippen LogP contribution in [0.25, 0.3) is 0 Å². The summed E-state index contributed by atoms with van der Waals surface area (Å²) < 4.78 is 0. The van der Waals surface area contributed by atoms with E-state index < -0.39 is 5.97 Å². The van der Waals surface area contributed by atoms with Gasteiger partial charge in [-0.25, -0.2) is 9.78 Å². The molecule has 3 unspecified atom stereocenters. The van der Waals surface area contributed by atoms with E-state index in [9.17, 15) is 9.59 Å². The van der Waals surface area contributed by atoms with Crippen molar-refractivity contribution in [2.45, 2.75) is 44.7 Å². The summed E-state index contributed by atoms with van der Waals surface area (Å²) in [5.74, 6) is -0.401. The number of aromatic amines is 1. The molecule has 1 aromatic rings. The van der Waals surface area contributed by atoms with Crippen LogP contribution in [0.15, 0.2) is 12.4 Å². The Bertz CT molecular complexity index is 460. The van der Waals surface area contributed by atoms with Crippen LogP contribution in [0, 0.1) is 5.92 Å². The summed E-state index contributed by atoms with van der Waals surface area (Å²) in [5.41, 5.74) is 0. The van der Waals surface area contributed by atoms with E-state index in [0.717, 1.165) is 12.2 Å². The van der Waals surface area contributed by atoms with Crippen molar-refractivity contribution in [3.05, 3.63) is 18.2 Å². The summed E-state index contributed by atoms with van der Waals surface area (Å²) in [7, 11) is 0. The molecule has 7 heteroatoms. The predicted octanol–water partition coefficient (Wildman–Crippen LogP) is 1.41. The van der Waals surface area contributed by atoms with Crippen LogP contribution < -0.4 is 10.6 Å². The zero-order chi connectivity index (χ0) is 14.5. The first-order valence-corrected chi connectivity index (χ1v) is 6.89. The summed E-state index contributed by atoms with van der Waals surface area (Å²) >= 11 is 0. The lowest BCUT2D eigenvalue weighted by atomic mass is 10.1. The molecule has 20 heavy (non-hydrogen) atoms. The van der Waals surface area contributed by atoms with Crippen LogP contribution >= 0.6 is 0 Å². The summed E-state index contributed by atoms with van der Waals surface area (Å²) in [6.07, 6.45) is 5.92. The smallest absolute Gasteiger partial charge is 0.315 e. The van der Waals surface area contributed by atoms with E-state index in [1.54, 1.807) is 12.4 Å². The molecule has 0 bridgehead atoms. The van der Waals surface area contributed by atoms with E-state index in [0.29, 0.717) is 19.3 Å². The maximum atomic E-state index is 11.9. The number of aromatic nitrogens is 2. The van der Waals surface area contributed by atoms with Crippen molar-refractivity contribution in [1.29, 1.82) is 0 Å². The zero-order valence-corrected chi connectivity index (χ0v) is 11.4. The van der Waals surface area contributed by atoms with E-state index in [2.05, 4.69) is 20.6 Å². The molecule has 1 saturated carbocycles. The Balaban J connectivity index is 1.82. The van der Waals surface area contributed by atoms with E-state index in [1.807, 2.05) is 6.92 Å². The number of imidazole rings is 1. The molecule has 7 nitrogen and oxygen atoms in total. The van der Waals surface area contributed by atoms with Gasteiger partial charge < -0.3 is 20.7 Å². The second-order valence-electron chi connectivity index (χ2n) is 5.10. The van der Waals surface area contributed by atoms with Gasteiger partial charge in [-0.15, -0.1) is 0 Å². The number of rotatable bonds is 5. The molecule has 1 aromatic heterocycles. The van der Waals surface area contributed by atoms with E-state index in [-0.39, 0.29) is 24.0 Å². The molecule has 0 spiro atoms. The van der Waals surface area contributed by atoms with E-state index in [1.165, 1.54) is 0 Å². The first kappa shape index (κ1) is 14.4. The predicted molar refractivity (Wildman–Crippen MR) is 72.1 cm³/mol. The van der Waals surface area contributed by atoms with Crippen molar-refractivity contribution in [1.82, 2.24) is 20.6 Å². The number of carboxylic acids is 1. The topological polar surface area (TPSA) is 107 Å². The van der Waals surface area contributed by atoms with Gasteiger partial charge in [-0.05, 0) is 25.7 Å². The maximum Gasteiger partial charge on any atom is 0.315 e. The fourth-order valence-electron chi connectivity index (χ4n) is 2.55. The van der Waals surface area contributed by atoms with Gasteiger partial charge in [0.05, 0.1) is 12.0 Å². The average Bonchev–Trinajstić information content (AvgIpc) is 3.06. The van der Waals surface area contributed by atoms with E-state index in [4.69, 9.17) is 5.11 Å². The van der Waals surface area contributed by atoms with Crippen molar-refractivity contribution < 1.29 is 14.7 Å². The summed E-state index contributed by atoms with van der Waals surface area (Å²) in [6.45, 7) is 1.96. The van der Waals surface area contributed by atoms with Crippen LogP contribution in [0.3, 0.4) is 0 Å². The molecule has 110 valence electrons. The van der Waals surface area contributed by atoms with Crippen LogP contribution in [0.4, 0.5) is 4.79 Å². The maximum absolute atomic E-state index is 11.9. The number of carboxylic acid groups (broad SMARTS) is 1. The standard InChI is InChI=1S/C13H20N4O3/c1-2-10(11-14-5-6-15-11)17-13(20)16-9-4-3-8(7-9)12(18)19/h5-6,8-10H,2-4,7H2,1H3,(H,14,15)(H,18,19)(H2,16,17,20). The molecule has 1 fully saturated rings. The normalized spacial score (nSPS) is 23.2. The molecule has 2 amide bonds. The average molecular weight is 280 g/mol. The van der Waals surface area contributed by atoms with Crippen molar-refractivity contribution in [3.63, 3.8) is 0 Å². The lowest BCUT2D eigenvalue weighted by Gasteiger charge is -2.18. The number of carbonyl (C=O) groups excluding carboxylic acids is 1. The highest BCUT2D eigenvalue weighted by Crippen LogP contribution is 2.25. The Morgan fingerprint density at radius 2 is 2.35 bits per heavy atom. The van der Waals surface area contributed by atoms with Crippen LogP contribution in [-0.2, 0) is 4.79 Å². The number of aliphatic carboxylic acids is 1.